The van der Waals surface area contributed by atoms with E-state index in [1.807, 2.05) is 19.9 Å². The lowest BCUT2D eigenvalue weighted by Crippen LogP contribution is -2.43. The largest absolute Gasteiger partial charge is 0.416 e. The first-order valence-corrected chi connectivity index (χ1v) is 18.4. The van der Waals surface area contributed by atoms with Crippen molar-refractivity contribution in [2.75, 3.05) is 11.7 Å². The van der Waals surface area contributed by atoms with Crippen LogP contribution in [-0.4, -0.2) is 47.5 Å². The summed E-state index contributed by atoms with van der Waals surface area (Å²) >= 11 is 8.73. The Bertz CT molecular complexity index is 999. The van der Waals surface area contributed by atoms with E-state index in [2.05, 4.69) is 76.7 Å². The van der Waals surface area contributed by atoms with Crippen LogP contribution >= 0.6 is 40.0 Å². The molecule has 7 nitrogen and oxygen atoms in total. The summed E-state index contributed by atoms with van der Waals surface area (Å²) in [6.45, 7) is 16.1. The van der Waals surface area contributed by atoms with Gasteiger partial charge >= 0.3 is 0 Å². The highest BCUT2D eigenvalue weighted by molar-refractivity contribution is 14.2. The average Bonchev–Trinajstić information content (AvgIpc) is 3.30. The van der Waals surface area contributed by atoms with Crippen LogP contribution in [0.4, 0.5) is 5.95 Å². The Morgan fingerprint density at radius 3 is 2.66 bits per heavy atom. The molecule has 2 aromatic rings. The summed E-state index contributed by atoms with van der Waals surface area (Å²) in [6.07, 6.45) is 3.34. The number of nitrogens with one attached hydrogen (secondary N) is 1. The highest BCUT2D eigenvalue weighted by Gasteiger charge is 2.55. The fraction of sp³-hybridized carbons (Fsp3) is 0.714. The minimum Gasteiger partial charge on any atom is -0.416 e. The molecule has 5 atom stereocenters. The summed E-state index contributed by atoms with van der Waals surface area (Å²) in [5, 5.41) is 4.67. The van der Waals surface area contributed by atoms with Gasteiger partial charge in [0.2, 0.25) is 5.95 Å². The lowest BCUT2D eigenvalue weighted by molar-refractivity contribution is -0.161. The van der Waals surface area contributed by atoms with E-state index in [0.29, 0.717) is 24.1 Å². The predicted octanol–water partition coefficient (Wildman–Crippen LogP) is 6.54. The van der Waals surface area contributed by atoms with Gasteiger partial charge in [0.15, 0.2) is 14.1 Å². The predicted molar refractivity (Wildman–Crippen MR) is 143 cm³/mol. The van der Waals surface area contributed by atoms with Crippen LogP contribution in [-0.2, 0) is 13.9 Å². The molecule has 4 rings (SSSR count). The maximum Gasteiger partial charge on any atom is 0.229 e. The van der Waals surface area contributed by atoms with Crippen molar-refractivity contribution in [2.45, 2.75) is 83.2 Å². The van der Waals surface area contributed by atoms with Gasteiger partial charge in [0.05, 0.1) is 17.5 Å². The normalized spacial score (nSPS) is 28.2. The van der Waals surface area contributed by atoms with E-state index < -0.39 is 14.1 Å². The van der Waals surface area contributed by atoms with Crippen molar-refractivity contribution in [1.82, 2.24) is 14.5 Å². The van der Waals surface area contributed by atoms with Crippen molar-refractivity contribution in [2.24, 2.45) is 5.92 Å². The standard InChI is InChI=1S/C21H33ClIN4O3PSi/c1-20(2,3)32(6,7)28-11-12-10-14(16-15(12)29-21(4,5)30-16)27-9-8-13-17(22)24-19(26-31-23)25-18(13)27/h8-9,12,14-16,31H,10-11H2,1-7H3,(H,24,25,26). The SMILES string of the molecule is CC1(C)OC2C(CO[Si](C)(C)C(C)(C)C)CC(n3ccc4c(Cl)nc(NPI)nc43)C2O1. The number of hydrogen-bond donors (Lipinski definition) is 1. The molecule has 0 radical (unpaired) electrons. The van der Waals surface area contributed by atoms with E-state index in [4.69, 9.17) is 30.5 Å². The number of rotatable bonds is 6. The maximum atomic E-state index is 6.61. The van der Waals surface area contributed by atoms with Gasteiger partial charge < -0.3 is 23.6 Å². The van der Waals surface area contributed by atoms with Crippen LogP contribution in [0.25, 0.3) is 11.0 Å². The molecule has 0 spiro atoms. The number of anilines is 1. The second-order valence-electron chi connectivity index (χ2n) is 10.7. The average molecular weight is 611 g/mol. The third-order valence-corrected chi connectivity index (χ3v) is 13.0. The van der Waals surface area contributed by atoms with Gasteiger partial charge in [0.25, 0.3) is 0 Å². The van der Waals surface area contributed by atoms with Crippen LogP contribution in [0.15, 0.2) is 12.3 Å². The molecule has 178 valence electrons. The van der Waals surface area contributed by atoms with E-state index in [1.54, 1.807) is 0 Å². The molecule has 1 N–H and O–H groups in total. The molecule has 1 aliphatic heterocycles. The molecule has 5 unspecified atom stereocenters. The fourth-order valence-electron chi connectivity index (χ4n) is 4.39. The smallest absolute Gasteiger partial charge is 0.229 e. The van der Waals surface area contributed by atoms with Crippen LogP contribution in [0, 0.1) is 5.92 Å². The summed E-state index contributed by atoms with van der Waals surface area (Å²) in [4.78, 5) is 9.14. The van der Waals surface area contributed by atoms with Gasteiger partial charge in [-0.1, -0.05) is 32.4 Å². The van der Waals surface area contributed by atoms with Crippen LogP contribution in [0.1, 0.15) is 47.1 Å². The highest BCUT2D eigenvalue weighted by Crippen LogP contribution is 2.49. The van der Waals surface area contributed by atoms with Crippen molar-refractivity contribution in [3.8, 4) is 0 Å². The molecule has 0 aromatic carbocycles. The second kappa shape index (κ2) is 8.88. The lowest BCUT2D eigenvalue weighted by Gasteiger charge is -2.37. The van der Waals surface area contributed by atoms with E-state index in [9.17, 15) is 0 Å². The molecule has 3 heterocycles. The molecule has 2 aliphatic rings. The Hall–Kier alpha value is -0.0331. The number of hydrogen-bond acceptors (Lipinski definition) is 6. The monoisotopic (exact) mass is 610 g/mol. The quantitative estimate of drug-likeness (QED) is 0.173. The van der Waals surface area contributed by atoms with Gasteiger partial charge in [0.1, 0.15) is 16.9 Å². The Morgan fingerprint density at radius 2 is 2.00 bits per heavy atom. The Morgan fingerprint density at radius 1 is 1.31 bits per heavy atom. The van der Waals surface area contributed by atoms with Crippen molar-refractivity contribution in [1.29, 1.82) is 0 Å². The zero-order chi connectivity index (χ0) is 23.5. The molecular formula is C21H33ClIN4O3PSi. The van der Waals surface area contributed by atoms with Crippen molar-refractivity contribution >= 4 is 65.3 Å². The van der Waals surface area contributed by atoms with Crippen molar-refractivity contribution in [3.63, 3.8) is 0 Å². The van der Waals surface area contributed by atoms with Gasteiger partial charge in [-0.25, -0.2) is 4.98 Å². The summed E-state index contributed by atoms with van der Waals surface area (Å²) in [7, 11) is -1.86. The molecule has 0 amide bonds. The minimum atomic E-state index is -1.86. The van der Waals surface area contributed by atoms with Gasteiger partial charge in [-0.15, -0.1) is 0 Å². The van der Waals surface area contributed by atoms with E-state index in [1.165, 1.54) is 0 Å². The minimum absolute atomic E-state index is 0.0112. The third kappa shape index (κ3) is 4.72. The molecule has 1 aliphatic carbocycles. The van der Waals surface area contributed by atoms with Gasteiger partial charge in [-0.2, -0.15) is 4.98 Å². The molecule has 0 bridgehead atoms. The molecule has 2 aromatic heterocycles. The topological polar surface area (TPSA) is 70.4 Å². The number of nitrogens with zero attached hydrogens (tertiary/aromatic N) is 3. The fourth-order valence-corrected chi connectivity index (χ4v) is 6.60. The first kappa shape index (κ1) is 25.1. The molecule has 11 heteroatoms. The first-order valence-electron chi connectivity index (χ1n) is 11.0. The molecule has 2 fully saturated rings. The molecule has 32 heavy (non-hydrogen) atoms. The summed E-state index contributed by atoms with van der Waals surface area (Å²) in [6, 6.07) is 2.08. The molecule has 1 saturated carbocycles. The maximum absolute atomic E-state index is 6.61. The third-order valence-electron chi connectivity index (χ3n) is 7.06. The number of halogens is 2. The number of aromatic nitrogens is 3. The van der Waals surface area contributed by atoms with E-state index in [0.717, 1.165) is 17.5 Å². The zero-order valence-electron chi connectivity index (χ0n) is 19.7. The van der Waals surface area contributed by atoms with Gasteiger partial charge in [-0.3, -0.25) is 0 Å². The first-order chi connectivity index (χ1) is 14.8. The van der Waals surface area contributed by atoms with Crippen molar-refractivity contribution < 1.29 is 13.9 Å². The van der Waals surface area contributed by atoms with Crippen LogP contribution in [0.5, 0.6) is 0 Å². The van der Waals surface area contributed by atoms with E-state index >= 15 is 0 Å². The number of fused-ring (bicyclic) bond motifs is 2. The molecular weight excluding hydrogens is 578 g/mol. The highest BCUT2D eigenvalue weighted by atomic mass is 127. The van der Waals surface area contributed by atoms with E-state index in [-0.39, 0.29) is 29.2 Å². The number of ether oxygens (including phenoxy) is 2. The van der Waals surface area contributed by atoms with Crippen LogP contribution in [0.2, 0.25) is 23.3 Å². The summed E-state index contributed by atoms with van der Waals surface area (Å²) in [5.74, 6) is 0.184. The van der Waals surface area contributed by atoms with Crippen LogP contribution < -0.4 is 5.09 Å². The van der Waals surface area contributed by atoms with Gasteiger partial charge in [-0.05, 0) is 66.5 Å². The summed E-state index contributed by atoms with van der Waals surface area (Å²) < 4.78 is 21.6. The van der Waals surface area contributed by atoms with Crippen molar-refractivity contribution in [3.05, 3.63) is 17.4 Å². The Labute approximate surface area is 211 Å². The Balaban J connectivity index is 1.65. The summed E-state index contributed by atoms with van der Waals surface area (Å²) in [5.41, 5.74) is 0.824. The van der Waals surface area contributed by atoms with Crippen LogP contribution in [0.3, 0.4) is 0 Å². The zero-order valence-corrected chi connectivity index (χ0v) is 24.6. The second-order valence-corrected chi connectivity index (χ2v) is 17.9. The molecule has 1 saturated heterocycles. The van der Waals surface area contributed by atoms with Gasteiger partial charge in [0, 0.05) is 25.1 Å². The Kier molecular flexibility index (Phi) is 6.96. The lowest BCUT2D eigenvalue weighted by atomic mass is 10.1.